The van der Waals surface area contributed by atoms with E-state index in [1.54, 1.807) is 11.3 Å². The molecule has 0 aliphatic carbocycles. The van der Waals surface area contributed by atoms with Gasteiger partial charge in [-0.05, 0) is 6.42 Å². The second-order valence-corrected chi connectivity index (χ2v) is 6.87. The van der Waals surface area contributed by atoms with Crippen molar-refractivity contribution in [3.8, 4) is 0 Å². The van der Waals surface area contributed by atoms with E-state index >= 15 is 0 Å². The summed E-state index contributed by atoms with van der Waals surface area (Å²) in [5, 5.41) is 10.5. The van der Waals surface area contributed by atoms with Gasteiger partial charge in [0.05, 0.1) is 29.8 Å². The van der Waals surface area contributed by atoms with Crippen molar-refractivity contribution in [2.75, 3.05) is 25.2 Å². The van der Waals surface area contributed by atoms with E-state index in [2.05, 4.69) is 32.7 Å². The lowest BCUT2D eigenvalue weighted by Crippen LogP contribution is -2.31. The van der Waals surface area contributed by atoms with E-state index in [1.807, 2.05) is 0 Å². The van der Waals surface area contributed by atoms with Crippen LogP contribution in [-0.2, 0) is 16.8 Å². The number of aliphatic hydroxyl groups excluding tert-OH is 1. The van der Waals surface area contributed by atoms with E-state index in [9.17, 15) is 5.11 Å². The number of ether oxygens (including phenoxy) is 1. The number of likely N-dealkylation sites (N-methyl/N-ethyl adjacent to an activating group) is 1. The molecule has 1 aliphatic heterocycles. The monoisotopic (exact) mass is 270 g/mol. The van der Waals surface area contributed by atoms with Gasteiger partial charge in [0, 0.05) is 19.1 Å². The number of thiazole rings is 1. The molecule has 0 spiro atoms. The number of hydrogen-bond acceptors (Lipinski definition) is 5. The zero-order chi connectivity index (χ0) is 13.3. The predicted octanol–water partition coefficient (Wildman–Crippen LogP) is 2.16. The number of rotatable bonds is 3. The first kappa shape index (κ1) is 13.8. The molecule has 1 N–H and O–H groups in total. The molecule has 1 saturated heterocycles. The molecule has 1 aromatic rings. The Kier molecular flexibility index (Phi) is 3.94. The molecule has 0 bridgehead atoms. The lowest BCUT2D eigenvalue weighted by molar-refractivity contribution is 0.193. The second kappa shape index (κ2) is 5.15. The lowest BCUT2D eigenvalue weighted by atomic mass is 9.91. The van der Waals surface area contributed by atoms with Crippen LogP contribution in [0.2, 0.25) is 0 Å². The average molecular weight is 270 g/mol. The Morgan fingerprint density at radius 3 is 2.67 bits per heavy atom. The van der Waals surface area contributed by atoms with Gasteiger partial charge in [-0.25, -0.2) is 4.98 Å². The van der Waals surface area contributed by atoms with Crippen LogP contribution in [0.25, 0.3) is 0 Å². The Bertz CT molecular complexity index is 406. The molecule has 1 atom stereocenters. The third-order valence-electron chi connectivity index (χ3n) is 3.30. The van der Waals surface area contributed by atoms with Crippen LogP contribution in [0.15, 0.2) is 0 Å². The molecule has 2 heterocycles. The molecule has 1 fully saturated rings. The highest BCUT2D eigenvalue weighted by Crippen LogP contribution is 2.34. The average Bonchev–Trinajstić information content (AvgIpc) is 2.96. The van der Waals surface area contributed by atoms with Gasteiger partial charge in [-0.3, -0.25) is 0 Å². The van der Waals surface area contributed by atoms with Crippen LogP contribution in [0.1, 0.15) is 37.8 Å². The van der Waals surface area contributed by atoms with Gasteiger partial charge < -0.3 is 14.7 Å². The topological polar surface area (TPSA) is 45.6 Å². The number of aliphatic hydroxyl groups is 1. The van der Waals surface area contributed by atoms with Crippen LogP contribution in [-0.4, -0.2) is 36.4 Å². The Hall–Kier alpha value is -0.650. The molecular formula is C13H22N2O2S. The number of nitrogens with zero attached hydrogens (tertiary/aromatic N) is 2. The van der Waals surface area contributed by atoms with Gasteiger partial charge in [0.15, 0.2) is 5.13 Å². The standard InChI is InChI=1S/C13H22N2O2S/c1-13(2,3)11-10(7-16)18-12(14-11)15(4)9-5-6-17-8-9/h9,16H,5-8H2,1-4H3. The summed E-state index contributed by atoms with van der Waals surface area (Å²) in [6.07, 6.45) is 1.05. The predicted molar refractivity (Wildman–Crippen MR) is 74.4 cm³/mol. The lowest BCUT2D eigenvalue weighted by Gasteiger charge is -2.22. The van der Waals surface area contributed by atoms with Gasteiger partial charge in [-0.1, -0.05) is 32.1 Å². The molecule has 5 heteroatoms. The van der Waals surface area contributed by atoms with Crippen molar-refractivity contribution >= 4 is 16.5 Å². The van der Waals surface area contributed by atoms with Crippen molar-refractivity contribution in [2.45, 2.75) is 45.3 Å². The first-order chi connectivity index (χ1) is 8.43. The Balaban J connectivity index is 2.26. The highest BCUT2D eigenvalue weighted by Gasteiger charge is 2.27. The van der Waals surface area contributed by atoms with Crippen LogP contribution in [0.5, 0.6) is 0 Å². The minimum Gasteiger partial charge on any atom is -0.391 e. The number of hydrogen-bond donors (Lipinski definition) is 1. The minimum absolute atomic E-state index is 0.0279. The van der Waals surface area contributed by atoms with Crippen LogP contribution in [0.3, 0.4) is 0 Å². The summed E-state index contributed by atoms with van der Waals surface area (Å²) in [5.74, 6) is 0. The summed E-state index contributed by atoms with van der Waals surface area (Å²) in [5.41, 5.74) is 0.982. The molecule has 102 valence electrons. The van der Waals surface area contributed by atoms with Gasteiger partial charge in [-0.15, -0.1) is 0 Å². The third kappa shape index (κ3) is 2.68. The smallest absolute Gasteiger partial charge is 0.185 e. The summed E-state index contributed by atoms with van der Waals surface area (Å²) in [4.78, 5) is 7.89. The molecule has 1 unspecified atom stereocenters. The van der Waals surface area contributed by atoms with Crippen molar-refractivity contribution in [1.29, 1.82) is 0 Å². The highest BCUT2D eigenvalue weighted by atomic mass is 32.1. The zero-order valence-electron chi connectivity index (χ0n) is 11.6. The normalized spacial score (nSPS) is 20.4. The van der Waals surface area contributed by atoms with E-state index in [-0.39, 0.29) is 12.0 Å². The molecule has 0 amide bonds. The molecule has 0 radical (unpaired) electrons. The van der Waals surface area contributed by atoms with E-state index in [1.165, 1.54) is 0 Å². The first-order valence-electron chi connectivity index (χ1n) is 6.35. The highest BCUT2D eigenvalue weighted by molar-refractivity contribution is 7.15. The summed E-state index contributed by atoms with van der Waals surface area (Å²) in [7, 11) is 2.06. The van der Waals surface area contributed by atoms with Crippen molar-refractivity contribution < 1.29 is 9.84 Å². The SMILES string of the molecule is CN(c1nc(C(C)(C)C)c(CO)s1)C1CCOC1. The number of aromatic nitrogens is 1. The Morgan fingerprint density at radius 1 is 1.50 bits per heavy atom. The maximum absolute atomic E-state index is 9.47. The van der Waals surface area contributed by atoms with Crippen LogP contribution >= 0.6 is 11.3 Å². The molecule has 0 saturated carbocycles. The summed E-state index contributed by atoms with van der Waals surface area (Å²) >= 11 is 1.59. The van der Waals surface area contributed by atoms with Gasteiger partial charge in [0.25, 0.3) is 0 Å². The molecule has 1 aromatic heterocycles. The van der Waals surface area contributed by atoms with Gasteiger partial charge >= 0.3 is 0 Å². The second-order valence-electron chi connectivity index (χ2n) is 5.80. The van der Waals surface area contributed by atoms with E-state index in [0.717, 1.165) is 35.3 Å². The van der Waals surface area contributed by atoms with Crippen LogP contribution in [0, 0.1) is 0 Å². The van der Waals surface area contributed by atoms with Crippen molar-refractivity contribution in [3.05, 3.63) is 10.6 Å². The molecule has 1 aliphatic rings. The molecular weight excluding hydrogens is 248 g/mol. The van der Waals surface area contributed by atoms with Crippen LogP contribution < -0.4 is 4.90 Å². The van der Waals surface area contributed by atoms with Crippen molar-refractivity contribution in [3.63, 3.8) is 0 Å². The fourth-order valence-electron chi connectivity index (χ4n) is 2.17. The Morgan fingerprint density at radius 2 is 2.22 bits per heavy atom. The first-order valence-corrected chi connectivity index (χ1v) is 7.16. The fraction of sp³-hybridized carbons (Fsp3) is 0.769. The molecule has 18 heavy (non-hydrogen) atoms. The van der Waals surface area contributed by atoms with Crippen molar-refractivity contribution in [2.24, 2.45) is 0 Å². The zero-order valence-corrected chi connectivity index (χ0v) is 12.4. The fourth-order valence-corrected chi connectivity index (χ4v) is 3.33. The van der Waals surface area contributed by atoms with E-state index in [4.69, 9.17) is 9.72 Å². The van der Waals surface area contributed by atoms with Gasteiger partial charge in [0.2, 0.25) is 0 Å². The van der Waals surface area contributed by atoms with Crippen LogP contribution in [0.4, 0.5) is 5.13 Å². The maximum atomic E-state index is 9.47. The van der Waals surface area contributed by atoms with E-state index < -0.39 is 0 Å². The Labute approximate surface area is 113 Å². The van der Waals surface area contributed by atoms with Crippen molar-refractivity contribution in [1.82, 2.24) is 4.98 Å². The third-order valence-corrected chi connectivity index (χ3v) is 4.43. The molecule has 0 aromatic carbocycles. The summed E-state index contributed by atoms with van der Waals surface area (Å²) in [6.45, 7) is 8.06. The molecule has 4 nitrogen and oxygen atoms in total. The molecule has 2 rings (SSSR count). The largest absolute Gasteiger partial charge is 0.391 e. The summed E-state index contributed by atoms with van der Waals surface area (Å²) in [6, 6.07) is 0.413. The number of anilines is 1. The minimum atomic E-state index is -0.0279. The van der Waals surface area contributed by atoms with Gasteiger partial charge in [-0.2, -0.15) is 0 Å². The summed E-state index contributed by atoms with van der Waals surface area (Å²) < 4.78 is 5.42. The van der Waals surface area contributed by atoms with Gasteiger partial charge in [0.1, 0.15) is 0 Å². The quantitative estimate of drug-likeness (QED) is 0.914. The van der Waals surface area contributed by atoms with E-state index in [0.29, 0.717) is 6.04 Å². The maximum Gasteiger partial charge on any atom is 0.185 e.